The van der Waals surface area contributed by atoms with Crippen LogP contribution >= 0.6 is 0 Å². The van der Waals surface area contributed by atoms with Crippen molar-refractivity contribution in [2.75, 3.05) is 39.8 Å². The number of aliphatic imine (C=N–C) groups is 1. The molecule has 2 aliphatic rings. The molecule has 1 aliphatic carbocycles. The molecule has 1 heterocycles. The van der Waals surface area contributed by atoms with Crippen LogP contribution in [-0.2, 0) is 4.79 Å². The molecule has 0 bridgehead atoms. The number of carbonyl (C=O) groups is 1. The van der Waals surface area contributed by atoms with Crippen molar-refractivity contribution >= 4 is 11.9 Å². The van der Waals surface area contributed by atoms with Crippen molar-refractivity contribution in [2.24, 2.45) is 16.3 Å². The second-order valence-corrected chi connectivity index (χ2v) is 8.54. The molecule has 0 aromatic carbocycles. The van der Waals surface area contributed by atoms with Gasteiger partial charge in [-0.2, -0.15) is 0 Å². The largest absolute Gasteiger partial charge is 0.355 e. The van der Waals surface area contributed by atoms with Gasteiger partial charge in [-0.3, -0.25) is 9.79 Å². The van der Waals surface area contributed by atoms with Crippen molar-refractivity contribution < 1.29 is 4.79 Å². The van der Waals surface area contributed by atoms with Gasteiger partial charge in [-0.25, -0.2) is 0 Å². The van der Waals surface area contributed by atoms with Crippen molar-refractivity contribution in [1.29, 1.82) is 0 Å². The summed E-state index contributed by atoms with van der Waals surface area (Å²) in [5.41, 5.74) is -0.341. The first kappa shape index (κ1) is 20.0. The summed E-state index contributed by atoms with van der Waals surface area (Å²) < 4.78 is 0. The third kappa shape index (κ3) is 6.84. The lowest BCUT2D eigenvalue weighted by atomic mass is 9.96. The molecular formula is C19H37N5O. The van der Waals surface area contributed by atoms with E-state index in [1.807, 2.05) is 20.8 Å². The molecule has 0 aromatic rings. The normalized spacial score (nSPS) is 23.0. The number of hydrogen-bond acceptors (Lipinski definition) is 3. The van der Waals surface area contributed by atoms with E-state index in [0.29, 0.717) is 19.1 Å². The first-order valence-electron chi connectivity index (χ1n) is 9.86. The maximum atomic E-state index is 11.8. The van der Waals surface area contributed by atoms with Crippen LogP contribution in [0.15, 0.2) is 4.99 Å². The highest BCUT2D eigenvalue weighted by Gasteiger charge is 2.26. The Morgan fingerprint density at radius 3 is 2.44 bits per heavy atom. The molecule has 25 heavy (non-hydrogen) atoms. The van der Waals surface area contributed by atoms with Gasteiger partial charge in [0.1, 0.15) is 0 Å². The fourth-order valence-electron chi connectivity index (χ4n) is 3.68. The van der Waals surface area contributed by atoms with Crippen LogP contribution in [-0.4, -0.2) is 62.6 Å². The Kier molecular flexibility index (Phi) is 7.54. The van der Waals surface area contributed by atoms with Crippen LogP contribution < -0.4 is 16.0 Å². The van der Waals surface area contributed by atoms with Gasteiger partial charge in [0, 0.05) is 51.2 Å². The summed E-state index contributed by atoms with van der Waals surface area (Å²) in [7, 11) is 1.80. The van der Waals surface area contributed by atoms with Crippen molar-refractivity contribution in [2.45, 2.75) is 58.9 Å². The first-order valence-corrected chi connectivity index (χ1v) is 9.86. The zero-order valence-electron chi connectivity index (χ0n) is 16.5. The van der Waals surface area contributed by atoms with Crippen LogP contribution in [0.1, 0.15) is 52.9 Å². The Morgan fingerprint density at radius 2 is 1.80 bits per heavy atom. The molecule has 1 saturated carbocycles. The highest BCUT2D eigenvalue weighted by Crippen LogP contribution is 2.26. The van der Waals surface area contributed by atoms with Crippen LogP contribution in [0, 0.1) is 11.3 Å². The van der Waals surface area contributed by atoms with Gasteiger partial charge in [0.05, 0.1) is 0 Å². The van der Waals surface area contributed by atoms with Crippen molar-refractivity contribution in [3.8, 4) is 0 Å². The molecule has 1 unspecified atom stereocenters. The highest BCUT2D eigenvalue weighted by atomic mass is 16.2. The Labute approximate surface area is 153 Å². The van der Waals surface area contributed by atoms with Crippen molar-refractivity contribution in [1.82, 2.24) is 20.9 Å². The summed E-state index contributed by atoms with van der Waals surface area (Å²) in [6.07, 6.45) is 6.84. The van der Waals surface area contributed by atoms with Crippen LogP contribution in [0.4, 0.5) is 0 Å². The van der Waals surface area contributed by atoms with E-state index in [1.54, 1.807) is 7.05 Å². The number of nitrogens with one attached hydrogen (secondary N) is 3. The molecule has 0 radical (unpaired) electrons. The average molecular weight is 352 g/mol. The molecule has 0 aromatic heterocycles. The molecule has 0 spiro atoms. The standard InChI is InChI=1S/C19H37N5O/c1-19(2,3)17(25)21-10-11-22-18(20-4)23-16-9-12-24(14-16)13-15-7-5-6-8-15/h15-16H,5-14H2,1-4H3,(H,21,25)(H2,20,22,23). The van der Waals surface area contributed by atoms with Gasteiger partial charge in [-0.15, -0.1) is 0 Å². The summed E-state index contributed by atoms with van der Waals surface area (Å²) in [5, 5.41) is 9.77. The Hall–Kier alpha value is -1.30. The zero-order valence-corrected chi connectivity index (χ0v) is 16.5. The quantitative estimate of drug-likeness (QED) is 0.386. The topological polar surface area (TPSA) is 68.8 Å². The lowest BCUT2D eigenvalue weighted by Crippen LogP contribution is -2.47. The van der Waals surface area contributed by atoms with Crippen LogP contribution in [0.2, 0.25) is 0 Å². The van der Waals surface area contributed by atoms with Gasteiger partial charge >= 0.3 is 0 Å². The highest BCUT2D eigenvalue weighted by molar-refractivity contribution is 5.82. The van der Waals surface area contributed by atoms with Gasteiger partial charge in [0.25, 0.3) is 0 Å². The molecule has 3 N–H and O–H groups in total. The van der Waals surface area contributed by atoms with E-state index < -0.39 is 0 Å². The average Bonchev–Trinajstić information content (AvgIpc) is 3.21. The third-order valence-electron chi connectivity index (χ3n) is 5.21. The molecule has 1 saturated heterocycles. The minimum atomic E-state index is -0.341. The SMILES string of the molecule is CN=C(NCCNC(=O)C(C)(C)C)NC1CCN(CC2CCCC2)C1. The van der Waals surface area contributed by atoms with Gasteiger partial charge in [-0.05, 0) is 25.2 Å². The van der Waals surface area contributed by atoms with E-state index in [1.165, 1.54) is 45.2 Å². The maximum absolute atomic E-state index is 11.8. The summed E-state index contributed by atoms with van der Waals surface area (Å²) >= 11 is 0. The summed E-state index contributed by atoms with van der Waals surface area (Å²) in [6, 6.07) is 0.469. The Morgan fingerprint density at radius 1 is 1.12 bits per heavy atom. The summed E-state index contributed by atoms with van der Waals surface area (Å²) in [6.45, 7) is 10.6. The molecule has 6 heteroatoms. The fourth-order valence-corrected chi connectivity index (χ4v) is 3.68. The molecule has 2 fully saturated rings. The van der Waals surface area contributed by atoms with Crippen LogP contribution in [0.3, 0.4) is 0 Å². The third-order valence-corrected chi connectivity index (χ3v) is 5.21. The number of likely N-dealkylation sites (tertiary alicyclic amines) is 1. The number of rotatable bonds is 6. The monoisotopic (exact) mass is 351 g/mol. The van der Waals surface area contributed by atoms with E-state index in [2.05, 4.69) is 25.8 Å². The number of guanidine groups is 1. The smallest absolute Gasteiger partial charge is 0.225 e. The molecular weight excluding hydrogens is 314 g/mol. The van der Waals surface area contributed by atoms with Crippen LogP contribution in [0.5, 0.6) is 0 Å². The van der Waals surface area contributed by atoms with Crippen molar-refractivity contribution in [3.05, 3.63) is 0 Å². The Bertz CT molecular complexity index is 451. The molecule has 1 aliphatic heterocycles. The zero-order chi connectivity index (χ0) is 18.3. The molecule has 144 valence electrons. The van der Waals surface area contributed by atoms with Gasteiger partial charge in [0.2, 0.25) is 5.91 Å². The van der Waals surface area contributed by atoms with Gasteiger partial charge in [0.15, 0.2) is 5.96 Å². The molecule has 1 amide bonds. The first-order chi connectivity index (χ1) is 11.9. The molecule has 2 rings (SSSR count). The number of hydrogen-bond donors (Lipinski definition) is 3. The number of amides is 1. The number of carbonyl (C=O) groups excluding carboxylic acids is 1. The number of nitrogens with zero attached hydrogens (tertiary/aromatic N) is 2. The second-order valence-electron chi connectivity index (χ2n) is 8.54. The Balaban J connectivity index is 1.62. The van der Waals surface area contributed by atoms with Gasteiger partial charge in [-0.1, -0.05) is 33.6 Å². The second kappa shape index (κ2) is 9.41. The van der Waals surface area contributed by atoms with E-state index >= 15 is 0 Å². The maximum Gasteiger partial charge on any atom is 0.225 e. The molecule has 1 atom stereocenters. The van der Waals surface area contributed by atoms with E-state index in [-0.39, 0.29) is 11.3 Å². The van der Waals surface area contributed by atoms with E-state index in [0.717, 1.165) is 18.4 Å². The lowest BCUT2D eigenvalue weighted by molar-refractivity contribution is -0.128. The van der Waals surface area contributed by atoms with Crippen LogP contribution in [0.25, 0.3) is 0 Å². The predicted octanol–water partition coefficient (Wildman–Crippen LogP) is 1.58. The minimum absolute atomic E-state index is 0.0793. The van der Waals surface area contributed by atoms with E-state index in [9.17, 15) is 4.79 Å². The minimum Gasteiger partial charge on any atom is -0.355 e. The molecule has 6 nitrogen and oxygen atoms in total. The van der Waals surface area contributed by atoms with Crippen molar-refractivity contribution in [3.63, 3.8) is 0 Å². The fraction of sp³-hybridized carbons (Fsp3) is 0.895. The predicted molar refractivity (Wildman–Crippen MR) is 104 cm³/mol. The summed E-state index contributed by atoms with van der Waals surface area (Å²) in [4.78, 5) is 18.8. The van der Waals surface area contributed by atoms with Gasteiger partial charge < -0.3 is 20.9 Å². The van der Waals surface area contributed by atoms with E-state index in [4.69, 9.17) is 0 Å². The summed E-state index contributed by atoms with van der Waals surface area (Å²) in [5.74, 6) is 1.83. The lowest BCUT2D eigenvalue weighted by Gasteiger charge is -2.21.